The Balaban J connectivity index is 1.37. The Hall–Kier alpha value is -2.76. The molecule has 1 atom stereocenters. The fraction of sp³-hybridized carbons (Fsp3) is 0.333. The van der Waals surface area contributed by atoms with Gasteiger partial charge in [0.1, 0.15) is 0 Å². The summed E-state index contributed by atoms with van der Waals surface area (Å²) in [5, 5.41) is 4.03. The first-order valence-corrected chi connectivity index (χ1v) is 10.1. The van der Waals surface area contributed by atoms with Crippen molar-refractivity contribution < 1.29 is 9.53 Å². The Morgan fingerprint density at radius 1 is 1.17 bits per heavy atom. The highest BCUT2D eigenvalue weighted by atomic mass is 16.5. The summed E-state index contributed by atoms with van der Waals surface area (Å²) in [7, 11) is 0. The van der Waals surface area contributed by atoms with E-state index < -0.39 is 0 Å². The van der Waals surface area contributed by atoms with Crippen molar-refractivity contribution >= 4 is 16.8 Å². The number of nitrogens with zero attached hydrogens (tertiary/aromatic N) is 2. The van der Waals surface area contributed by atoms with Crippen molar-refractivity contribution in [1.29, 1.82) is 0 Å². The van der Waals surface area contributed by atoms with Gasteiger partial charge in [-0.1, -0.05) is 42.0 Å². The molecular formula is C24H27N3O2. The standard InChI is InChI=1S/C24H27N3O2/c1-17-8-9-23-20(12-17)13-22(18(2)26-23)24(28)25-14-21-16-27(10-11-29-21)15-19-6-4-3-5-7-19/h3-9,12-13,21H,10-11,14-16H2,1-2H3,(H,25,28). The predicted molar refractivity (Wildman–Crippen MR) is 115 cm³/mol. The van der Waals surface area contributed by atoms with E-state index in [1.54, 1.807) is 0 Å². The molecule has 1 unspecified atom stereocenters. The van der Waals surface area contributed by atoms with Gasteiger partial charge in [-0.25, -0.2) is 0 Å². The van der Waals surface area contributed by atoms with Crippen molar-refractivity contribution in [2.75, 3.05) is 26.2 Å². The highest BCUT2D eigenvalue weighted by molar-refractivity contribution is 5.98. The summed E-state index contributed by atoms with van der Waals surface area (Å²) in [6.45, 7) is 7.73. The van der Waals surface area contributed by atoms with Gasteiger partial charge in [-0.3, -0.25) is 14.7 Å². The maximum atomic E-state index is 12.8. The van der Waals surface area contributed by atoms with E-state index in [0.29, 0.717) is 18.7 Å². The number of carbonyl (C=O) groups excluding carboxylic acids is 1. The van der Waals surface area contributed by atoms with Crippen LogP contribution in [0, 0.1) is 13.8 Å². The molecule has 2 heterocycles. The molecule has 150 valence electrons. The van der Waals surface area contributed by atoms with Crippen LogP contribution in [0.15, 0.2) is 54.6 Å². The average molecular weight is 389 g/mol. The van der Waals surface area contributed by atoms with Crippen molar-refractivity contribution in [2.24, 2.45) is 0 Å². The molecule has 4 rings (SSSR count). The van der Waals surface area contributed by atoms with Gasteiger partial charge in [0.15, 0.2) is 0 Å². The van der Waals surface area contributed by atoms with Gasteiger partial charge in [0.25, 0.3) is 5.91 Å². The van der Waals surface area contributed by atoms with Crippen molar-refractivity contribution in [3.63, 3.8) is 0 Å². The van der Waals surface area contributed by atoms with Crippen LogP contribution in [0.1, 0.15) is 27.2 Å². The monoisotopic (exact) mass is 389 g/mol. The van der Waals surface area contributed by atoms with Crippen LogP contribution in [0.3, 0.4) is 0 Å². The number of rotatable bonds is 5. The first-order valence-electron chi connectivity index (χ1n) is 10.1. The third-order valence-electron chi connectivity index (χ3n) is 5.37. The van der Waals surface area contributed by atoms with Gasteiger partial charge in [-0.05, 0) is 37.6 Å². The number of hydrogen-bond acceptors (Lipinski definition) is 4. The first kappa shape index (κ1) is 19.6. The number of fused-ring (bicyclic) bond motifs is 1. The van der Waals surface area contributed by atoms with Crippen molar-refractivity contribution in [2.45, 2.75) is 26.5 Å². The van der Waals surface area contributed by atoms with Crippen LogP contribution in [0.2, 0.25) is 0 Å². The second-order valence-electron chi connectivity index (χ2n) is 7.74. The minimum Gasteiger partial charge on any atom is -0.374 e. The van der Waals surface area contributed by atoms with Crippen LogP contribution >= 0.6 is 0 Å². The van der Waals surface area contributed by atoms with Crippen molar-refractivity contribution in [3.8, 4) is 0 Å². The molecule has 1 fully saturated rings. The molecule has 1 amide bonds. The summed E-state index contributed by atoms with van der Waals surface area (Å²) in [4.78, 5) is 19.8. The van der Waals surface area contributed by atoms with Crippen LogP contribution < -0.4 is 5.32 Å². The zero-order chi connectivity index (χ0) is 20.2. The minimum absolute atomic E-state index is 0.00706. The molecule has 2 aromatic carbocycles. The molecule has 5 nitrogen and oxygen atoms in total. The molecule has 0 aliphatic carbocycles. The number of nitrogens with one attached hydrogen (secondary N) is 1. The Labute approximate surface area is 171 Å². The van der Waals surface area contributed by atoms with Gasteiger partial charge in [-0.15, -0.1) is 0 Å². The van der Waals surface area contributed by atoms with Gasteiger partial charge < -0.3 is 10.1 Å². The second-order valence-corrected chi connectivity index (χ2v) is 7.74. The summed E-state index contributed by atoms with van der Waals surface area (Å²) in [5.41, 5.74) is 4.74. The van der Waals surface area contributed by atoms with E-state index in [2.05, 4.69) is 45.5 Å². The van der Waals surface area contributed by atoms with Gasteiger partial charge in [0.2, 0.25) is 0 Å². The van der Waals surface area contributed by atoms with Crippen LogP contribution in [-0.4, -0.2) is 48.1 Å². The van der Waals surface area contributed by atoms with E-state index in [1.807, 2.05) is 38.1 Å². The zero-order valence-corrected chi connectivity index (χ0v) is 17.0. The third kappa shape index (κ3) is 4.81. The number of ether oxygens (including phenoxy) is 1. The second kappa shape index (κ2) is 8.72. The molecule has 1 N–H and O–H groups in total. The molecule has 0 saturated carbocycles. The zero-order valence-electron chi connectivity index (χ0n) is 17.0. The van der Waals surface area contributed by atoms with E-state index in [9.17, 15) is 4.79 Å². The lowest BCUT2D eigenvalue weighted by Gasteiger charge is -2.33. The van der Waals surface area contributed by atoms with Crippen LogP contribution in [-0.2, 0) is 11.3 Å². The molecule has 1 aliphatic heterocycles. The first-order chi connectivity index (χ1) is 14.1. The molecule has 1 saturated heterocycles. The van der Waals surface area contributed by atoms with E-state index in [0.717, 1.165) is 41.8 Å². The van der Waals surface area contributed by atoms with Gasteiger partial charge in [0.05, 0.1) is 29.5 Å². The summed E-state index contributed by atoms with van der Waals surface area (Å²) in [6.07, 6.45) is -0.00706. The van der Waals surface area contributed by atoms with Gasteiger partial charge in [0, 0.05) is 31.6 Å². The number of aromatic nitrogens is 1. The van der Waals surface area contributed by atoms with Crippen molar-refractivity contribution in [3.05, 3.63) is 77.0 Å². The molecule has 0 radical (unpaired) electrons. The Morgan fingerprint density at radius 3 is 2.83 bits per heavy atom. The Kier molecular flexibility index (Phi) is 5.88. The predicted octanol–water partition coefficient (Wildman–Crippen LogP) is 3.48. The van der Waals surface area contributed by atoms with E-state index in [1.165, 1.54) is 5.56 Å². The highest BCUT2D eigenvalue weighted by Gasteiger charge is 2.22. The SMILES string of the molecule is Cc1ccc2nc(C)c(C(=O)NCC3CN(Cc4ccccc4)CCO3)cc2c1. The third-order valence-corrected chi connectivity index (χ3v) is 5.37. The Morgan fingerprint density at radius 2 is 2.00 bits per heavy atom. The number of carbonyl (C=O) groups is 1. The molecule has 1 aromatic heterocycles. The molecule has 0 spiro atoms. The fourth-order valence-electron chi connectivity index (χ4n) is 3.81. The minimum atomic E-state index is -0.0952. The topological polar surface area (TPSA) is 54.5 Å². The summed E-state index contributed by atoms with van der Waals surface area (Å²) in [5.74, 6) is -0.0952. The molecule has 3 aromatic rings. The fourth-order valence-corrected chi connectivity index (χ4v) is 3.81. The van der Waals surface area contributed by atoms with Crippen LogP contribution in [0.5, 0.6) is 0 Å². The smallest absolute Gasteiger partial charge is 0.253 e. The maximum Gasteiger partial charge on any atom is 0.253 e. The average Bonchev–Trinajstić information content (AvgIpc) is 2.73. The number of morpholine rings is 1. The molecule has 0 bridgehead atoms. The van der Waals surface area contributed by atoms with Crippen LogP contribution in [0.25, 0.3) is 10.9 Å². The summed E-state index contributed by atoms with van der Waals surface area (Å²) in [6, 6.07) is 18.5. The lowest BCUT2D eigenvalue weighted by atomic mass is 10.1. The van der Waals surface area contributed by atoms with E-state index in [4.69, 9.17) is 4.74 Å². The van der Waals surface area contributed by atoms with Crippen LogP contribution in [0.4, 0.5) is 0 Å². The Bertz CT molecular complexity index is 1000. The van der Waals surface area contributed by atoms with Crippen molar-refractivity contribution in [1.82, 2.24) is 15.2 Å². The molecule has 5 heteroatoms. The molecular weight excluding hydrogens is 362 g/mol. The van der Waals surface area contributed by atoms with Gasteiger partial charge >= 0.3 is 0 Å². The molecule has 1 aliphatic rings. The number of benzene rings is 2. The lowest BCUT2D eigenvalue weighted by Crippen LogP contribution is -2.47. The lowest BCUT2D eigenvalue weighted by molar-refractivity contribution is -0.0292. The number of aryl methyl sites for hydroxylation is 2. The normalized spacial score (nSPS) is 17.4. The maximum absolute atomic E-state index is 12.8. The highest BCUT2D eigenvalue weighted by Crippen LogP contribution is 2.18. The number of pyridine rings is 1. The number of amides is 1. The largest absolute Gasteiger partial charge is 0.374 e. The number of hydrogen-bond donors (Lipinski definition) is 1. The summed E-state index contributed by atoms with van der Waals surface area (Å²) >= 11 is 0. The molecule has 29 heavy (non-hydrogen) atoms. The van der Waals surface area contributed by atoms with E-state index >= 15 is 0 Å². The van der Waals surface area contributed by atoms with Gasteiger partial charge in [-0.2, -0.15) is 0 Å². The van der Waals surface area contributed by atoms with E-state index in [-0.39, 0.29) is 12.0 Å². The quantitative estimate of drug-likeness (QED) is 0.726. The summed E-state index contributed by atoms with van der Waals surface area (Å²) < 4.78 is 5.88.